The summed E-state index contributed by atoms with van der Waals surface area (Å²) >= 11 is 1.48. The molecule has 0 unspecified atom stereocenters. The molecule has 2 rings (SSSR count). The summed E-state index contributed by atoms with van der Waals surface area (Å²) in [6, 6.07) is 7.79. The van der Waals surface area contributed by atoms with Gasteiger partial charge in [-0.25, -0.2) is 4.98 Å². The average molecular weight is 235 g/mol. The topological polar surface area (TPSA) is 61.8 Å². The number of rotatable bonds is 4. The molecule has 0 saturated carbocycles. The molecule has 5 heteroatoms. The van der Waals surface area contributed by atoms with E-state index >= 15 is 0 Å². The minimum absolute atomic E-state index is 0.424. The number of hydrogen-bond acceptors (Lipinski definition) is 4. The van der Waals surface area contributed by atoms with Crippen LogP contribution in [0.5, 0.6) is 0 Å². The molecule has 2 aromatic rings. The van der Waals surface area contributed by atoms with E-state index in [0.29, 0.717) is 6.42 Å². The van der Waals surface area contributed by atoms with Crippen LogP contribution in [0.4, 0.5) is 0 Å². The molecule has 0 aliphatic rings. The SMILES string of the molecule is CC[C@@H](O)c1ccccc1Sc1ncn[nH]1. The highest BCUT2D eigenvalue weighted by Crippen LogP contribution is 2.31. The van der Waals surface area contributed by atoms with Crippen molar-refractivity contribution in [2.45, 2.75) is 29.5 Å². The molecule has 0 aliphatic heterocycles. The average Bonchev–Trinajstić information content (AvgIpc) is 2.82. The third kappa shape index (κ3) is 2.43. The lowest BCUT2D eigenvalue weighted by molar-refractivity contribution is 0.171. The van der Waals surface area contributed by atoms with Gasteiger partial charge in [-0.15, -0.1) is 0 Å². The Kier molecular flexibility index (Phi) is 3.58. The van der Waals surface area contributed by atoms with E-state index in [9.17, 15) is 5.11 Å². The molecule has 1 heterocycles. The summed E-state index contributed by atoms with van der Waals surface area (Å²) in [6.07, 6.45) is 1.75. The zero-order chi connectivity index (χ0) is 11.4. The summed E-state index contributed by atoms with van der Waals surface area (Å²) in [5, 5.41) is 17.2. The molecule has 1 aromatic heterocycles. The number of aliphatic hydroxyl groups excluding tert-OH is 1. The normalized spacial score (nSPS) is 12.6. The highest BCUT2D eigenvalue weighted by atomic mass is 32.2. The summed E-state index contributed by atoms with van der Waals surface area (Å²) in [5.74, 6) is 0. The summed E-state index contributed by atoms with van der Waals surface area (Å²) in [7, 11) is 0. The van der Waals surface area contributed by atoms with Gasteiger partial charge in [0.05, 0.1) is 6.10 Å². The number of benzene rings is 1. The summed E-state index contributed by atoms with van der Waals surface area (Å²) in [4.78, 5) is 5.06. The summed E-state index contributed by atoms with van der Waals surface area (Å²) in [6.45, 7) is 1.96. The first-order valence-electron chi connectivity index (χ1n) is 5.11. The Morgan fingerprint density at radius 3 is 2.94 bits per heavy atom. The molecule has 16 heavy (non-hydrogen) atoms. The van der Waals surface area contributed by atoms with Gasteiger partial charge in [0.25, 0.3) is 0 Å². The number of hydrogen-bond donors (Lipinski definition) is 2. The van der Waals surface area contributed by atoms with E-state index in [1.54, 1.807) is 0 Å². The Bertz CT molecular complexity index is 444. The quantitative estimate of drug-likeness (QED) is 0.854. The van der Waals surface area contributed by atoms with E-state index in [1.165, 1.54) is 18.1 Å². The number of aromatic amines is 1. The van der Waals surface area contributed by atoms with Gasteiger partial charge in [0.15, 0.2) is 5.16 Å². The van der Waals surface area contributed by atoms with Crippen LogP contribution in [0.3, 0.4) is 0 Å². The maximum atomic E-state index is 9.88. The molecule has 1 atom stereocenters. The second kappa shape index (κ2) is 5.14. The number of aromatic nitrogens is 3. The first-order chi connectivity index (χ1) is 7.81. The predicted molar refractivity (Wildman–Crippen MR) is 62.2 cm³/mol. The molecule has 0 fully saturated rings. The van der Waals surface area contributed by atoms with Crippen LogP contribution in [0.1, 0.15) is 25.0 Å². The van der Waals surface area contributed by atoms with Gasteiger partial charge in [-0.3, -0.25) is 5.10 Å². The van der Waals surface area contributed by atoms with E-state index in [-0.39, 0.29) is 0 Å². The minimum Gasteiger partial charge on any atom is -0.388 e. The van der Waals surface area contributed by atoms with Crippen LogP contribution < -0.4 is 0 Å². The Morgan fingerprint density at radius 1 is 1.44 bits per heavy atom. The highest BCUT2D eigenvalue weighted by molar-refractivity contribution is 7.99. The van der Waals surface area contributed by atoms with Crippen molar-refractivity contribution >= 4 is 11.8 Å². The van der Waals surface area contributed by atoms with Gasteiger partial charge in [0, 0.05) is 4.90 Å². The standard InChI is InChI=1S/C11H13N3OS/c1-2-9(15)8-5-3-4-6-10(8)16-11-12-7-13-14-11/h3-7,9,15H,2H2,1H3,(H,12,13,14)/t9-/m1/s1. The molecule has 4 nitrogen and oxygen atoms in total. The first-order valence-corrected chi connectivity index (χ1v) is 5.93. The summed E-state index contributed by atoms with van der Waals surface area (Å²) < 4.78 is 0. The molecular weight excluding hydrogens is 222 g/mol. The van der Waals surface area contributed by atoms with Gasteiger partial charge in [-0.1, -0.05) is 25.1 Å². The third-order valence-corrected chi connectivity index (χ3v) is 3.25. The van der Waals surface area contributed by atoms with Crippen LogP contribution >= 0.6 is 11.8 Å². The number of H-pyrrole nitrogens is 1. The molecule has 0 spiro atoms. The van der Waals surface area contributed by atoms with Gasteiger partial charge >= 0.3 is 0 Å². The van der Waals surface area contributed by atoms with Crippen LogP contribution in [0.15, 0.2) is 40.6 Å². The fourth-order valence-corrected chi connectivity index (χ4v) is 2.29. The van der Waals surface area contributed by atoms with E-state index in [1.807, 2.05) is 31.2 Å². The van der Waals surface area contributed by atoms with Crippen LogP contribution in [-0.2, 0) is 0 Å². The van der Waals surface area contributed by atoms with Gasteiger partial charge < -0.3 is 5.11 Å². The third-order valence-electron chi connectivity index (χ3n) is 2.26. The van der Waals surface area contributed by atoms with Gasteiger partial charge in [-0.05, 0) is 29.8 Å². The van der Waals surface area contributed by atoms with Crippen molar-refractivity contribution in [3.63, 3.8) is 0 Å². The lowest BCUT2D eigenvalue weighted by Crippen LogP contribution is -1.97. The molecule has 84 valence electrons. The van der Waals surface area contributed by atoms with E-state index < -0.39 is 6.10 Å². The van der Waals surface area contributed by atoms with Gasteiger partial charge in [0.2, 0.25) is 0 Å². The zero-order valence-electron chi connectivity index (χ0n) is 8.92. The van der Waals surface area contributed by atoms with Gasteiger partial charge in [-0.2, -0.15) is 5.10 Å². The molecule has 0 saturated heterocycles. The van der Waals surface area contributed by atoms with Crippen LogP contribution in [0.2, 0.25) is 0 Å². The molecule has 2 N–H and O–H groups in total. The van der Waals surface area contributed by atoms with E-state index in [2.05, 4.69) is 15.2 Å². The second-order valence-corrected chi connectivity index (χ2v) is 4.39. The van der Waals surface area contributed by atoms with Crippen molar-refractivity contribution in [1.29, 1.82) is 0 Å². The number of nitrogens with one attached hydrogen (secondary N) is 1. The van der Waals surface area contributed by atoms with Crippen LogP contribution in [-0.4, -0.2) is 20.3 Å². The highest BCUT2D eigenvalue weighted by Gasteiger charge is 2.11. The monoisotopic (exact) mass is 235 g/mol. The lowest BCUT2D eigenvalue weighted by Gasteiger charge is -2.12. The molecular formula is C11H13N3OS. The Labute approximate surface area is 98.1 Å². The van der Waals surface area contributed by atoms with E-state index in [4.69, 9.17) is 0 Å². The predicted octanol–water partition coefficient (Wildman–Crippen LogP) is 2.40. The maximum Gasteiger partial charge on any atom is 0.188 e. The lowest BCUT2D eigenvalue weighted by atomic mass is 10.1. The molecule has 0 bridgehead atoms. The Morgan fingerprint density at radius 2 is 2.25 bits per heavy atom. The van der Waals surface area contributed by atoms with Crippen molar-refractivity contribution in [2.75, 3.05) is 0 Å². The largest absolute Gasteiger partial charge is 0.388 e. The van der Waals surface area contributed by atoms with Gasteiger partial charge in [0.1, 0.15) is 6.33 Å². The first kappa shape index (κ1) is 11.2. The summed E-state index contributed by atoms with van der Waals surface area (Å²) in [5.41, 5.74) is 0.936. The minimum atomic E-state index is -0.424. The molecule has 0 aliphatic carbocycles. The maximum absolute atomic E-state index is 9.88. The smallest absolute Gasteiger partial charge is 0.188 e. The molecule has 0 amide bonds. The van der Waals surface area contributed by atoms with Crippen LogP contribution in [0.25, 0.3) is 0 Å². The second-order valence-electron chi connectivity index (χ2n) is 3.35. The number of nitrogens with zero attached hydrogens (tertiary/aromatic N) is 2. The van der Waals surface area contributed by atoms with Crippen molar-refractivity contribution in [1.82, 2.24) is 15.2 Å². The number of aliphatic hydroxyl groups is 1. The van der Waals surface area contributed by atoms with Crippen molar-refractivity contribution in [2.24, 2.45) is 0 Å². The Hall–Kier alpha value is -1.33. The Balaban J connectivity index is 2.26. The van der Waals surface area contributed by atoms with Crippen molar-refractivity contribution < 1.29 is 5.11 Å². The van der Waals surface area contributed by atoms with Crippen molar-refractivity contribution in [3.05, 3.63) is 36.2 Å². The molecule has 0 radical (unpaired) electrons. The van der Waals surface area contributed by atoms with E-state index in [0.717, 1.165) is 15.6 Å². The zero-order valence-corrected chi connectivity index (χ0v) is 9.74. The fraction of sp³-hybridized carbons (Fsp3) is 0.273. The van der Waals surface area contributed by atoms with Crippen LogP contribution in [0, 0.1) is 0 Å². The van der Waals surface area contributed by atoms with Crippen molar-refractivity contribution in [3.8, 4) is 0 Å². The fourth-order valence-electron chi connectivity index (χ4n) is 1.42. The molecule has 1 aromatic carbocycles.